The monoisotopic (exact) mass is 581 g/mol. The van der Waals surface area contributed by atoms with E-state index in [2.05, 4.69) is 5.32 Å². The molecule has 0 radical (unpaired) electrons. The fraction of sp³-hybridized carbons (Fsp3) is 0.391. The standard InChI is InChI=1S/C23H27Cl4N3O4S/c1-5-14(2)28-23(32)15(3)29(12-16-6-7-17(24)10-19(16)26)22(31)13-30(35(4,33)34)21-9-8-18(25)11-20(21)27/h6-11,14-15H,5,12-13H2,1-4H3,(H,28,32)/t14-,15-/m1/s1. The van der Waals surface area contributed by atoms with Crippen LogP contribution >= 0.6 is 46.4 Å². The van der Waals surface area contributed by atoms with E-state index in [4.69, 9.17) is 46.4 Å². The minimum atomic E-state index is -3.92. The summed E-state index contributed by atoms with van der Waals surface area (Å²) in [5.41, 5.74) is 0.635. The zero-order chi connectivity index (χ0) is 26.5. The minimum absolute atomic E-state index is 0.0458. The Morgan fingerprint density at radius 3 is 2.06 bits per heavy atom. The molecule has 2 amide bonds. The van der Waals surface area contributed by atoms with Gasteiger partial charge in [-0.2, -0.15) is 0 Å². The average molecular weight is 583 g/mol. The second-order valence-corrected chi connectivity index (χ2v) is 11.7. The molecule has 0 saturated carbocycles. The molecule has 12 heteroatoms. The third kappa shape index (κ3) is 8.15. The van der Waals surface area contributed by atoms with Crippen LogP contribution in [0.3, 0.4) is 0 Å². The summed E-state index contributed by atoms with van der Waals surface area (Å²) in [6, 6.07) is 8.03. The van der Waals surface area contributed by atoms with Crippen LogP contribution < -0.4 is 9.62 Å². The molecule has 0 unspecified atom stereocenters. The van der Waals surface area contributed by atoms with Gasteiger partial charge in [0.05, 0.1) is 17.0 Å². The molecule has 0 spiro atoms. The van der Waals surface area contributed by atoms with E-state index in [1.807, 2.05) is 13.8 Å². The third-order valence-electron chi connectivity index (χ3n) is 5.38. The van der Waals surface area contributed by atoms with E-state index in [9.17, 15) is 18.0 Å². The number of hydrogen-bond donors (Lipinski definition) is 1. The van der Waals surface area contributed by atoms with Crippen LogP contribution in [0.15, 0.2) is 36.4 Å². The second-order valence-electron chi connectivity index (χ2n) is 8.12. The minimum Gasteiger partial charge on any atom is -0.352 e. The fourth-order valence-electron chi connectivity index (χ4n) is 3.16. The molecule has 0 heterocycles. The van der Waals surface area contributed by atoms with Gasteiger partial charge in [-0.3, -0.25) is 13.9 Å². The van der Waals surface area contributed by atoms with E-state index in [1.54, 1.807) is 19.1 Å². The topological polar surface area (TPSA) is 86.8 Å². The van der Waals surface area contributed by atoms with Crippen molar-refractivity contribution in [1.82, 2.24) is 10.2 Å². The van der Waals surface area contributed by atoms with E-state index in [-0.39, 0.29) is 29.2 Å². The first-order valence-corrected chi connectivity index (χ1v) is 14.1. The van der Waals surface area contributed by atoms with Gasteiger partial charge in [0.25, 0.3) is 0 Å². The van der Waals surface area contributed by atoms with Gasteiger partial charge < -0.3 is 10.2 Å². The Morgan fingerprint density at radius 1 is 0.971 bits per heavy atom. The molecule has 192 valence electrons. The van der Waals surface area contributed by atoms with Crippen LogP contribution in [0.25, 0.3) is 0 Å². The lowest BCUT2D eigenvalue weighted by molar-refractivity contribution is -0.139. The Bertz CT molecular complexity index is 1190. The number of rotatable bonds is 10. The van der Waals surface area contributed by atoms with Gasteiger partial charge in [-0.25, -0.2) is 8.42 Å². The maximum absolute atomic E-state index is 13.5. The summed E-state index contributed by atoms with van der Waals surface area (Å²) in [6.07, 6.45) is 1.66. The number of amides is 2. The van der Waals surface area contributed by atoms with Gasteiger partial charge >= 0.3 is 0 Å². The number of anilines is 1. The highest BCUT2D eigenvalue weighted by Gasteiger charge is 2.31. The second kappa shape index (κ2) is 12.5. The lowest BCUT2D eigenvalue weighted by atomic mass is 10.1. The number of hydrogen-bond acceptors (Lipinski definition) is 4. The van der Waals surface area contributed by atoms with Crippen LogP contribution in [0.2, 0.25) is 20.1 Å². The summed E-state index contributed by atoms with van der Waals surface area (Å²) in [5.74, 6) is -1.01. The van der Waals surface area contributed by atoms with Crippen LogP contribution in [0, 0.1) is 0 Å². The molecule has 7 nitrogen and oxygen atoms in total. The maximum Gasteiger partial charge on any atom is 0.244 e. The summed E-state index contributed by atoms with van der Waals surface area (Å²) in [6.45, 7) is 4.70. The van der Waals surface area contributed by atoms with Gasteiger partial charge in [0.2, 0.25) is 21.8 Å². The Balaban J connectivity index is 2.45. The molecule has 2 aromatic carbocycles. The number of nitrogens with one attached hydrogen (secondary N) is 1. The number of halogens is 4. The van der Waals surface area contributed by atoms with E-state index >= 15 is 0 Å². The first kappa shape index (κ1) is 29.5. The summed E-state index contributed by atoms with van der Waals surface area (Å²) in [5, 5.41) is 3.95. The van der Waals surface area contributed by atoms with Crippen LogP contribution in [-0.4, -0.2) is 50.0 Å². The van der Waals surface area contributed by atoms with Gasteiger partial charge in [0, 0.05) is 27.7 Å². The molecule has 0 aliphatic rings. The molecular weight excluding hydrogens is 556 g/mol. The number of carbonyl (C=O) groups is 2. The van der Waals surface area contributed by atoms with Gasteiger partial charge in [0.1, 0.15) is 12.6 Å². The Hall–Kier alpha value is -1.71. The lowest BCUT2D eigenvalue weighted by Gasteiger charge is -2.32. The Labute approximate surface area is 226 Å². The van der Waals surface area contributed by atoms with Crippen LogP contribution in [0.1, 0.15) is 32.8 Å². The van der Waals surface area contributed by atoms with Crippen molar-refractivity contribution in [2.24, 2.45) is 0 Å². The first-order valence-electron chi connectivity index (χ1n) is 10.7. The molecule has 0 saturated heterocycles. The van der Waals surface area contributed by atoms with Crippen molar-refractivity contribution >= 4 is 73.9 Å². The Morgan fingerprint density at radius 2 is 1.54 bits per heavy atom. The van der Waals surface area contributed by atoms with Gasteiger partial charge in [-0.15, -0.1) is 0 Å². The number of sulfonamides is 1. The summed E-state index contributed by atoms with van der Waals surface area (Å²) < 4.78 is 26.1. The van der Waals surface area contributed by atoms with Gasteiger partial charge in [-0.1, -0.05) is 59.4 Å². The average Bonchev–Trinajstić information content (AvgIpc) is 2.76. The Kier molecular flexibility index (Phi) is 10.5. The third-order valence-corrected chi connectivity index (χ3v) is 7.63. The molecule has 35 heavy (non-hydrogen) atoms. The predicted molar refractivity (Wildman–Crippen MR) is 143 cm³/mol. The van der Waals surface area contributed by atoms with E-state index < -0.39 is 28.5 Å². The molecule has 1 N–H and O–H groups in total. The molecule has 0 aliphatic heterocycles. The molecule has 0 aromatic heterocycles. The SMILES string of the molecule is CC[C@@H](C)NC(=O)[C@@H](C)N(Cc1ccc(Cl)cc1Cl)C(=O)CN(c1ccc(Cl)cc1Cl)S(C)(=O)=O. The fourth-order valence-corrected chi connectivity index (χ4v) is 5.05. The van der Waals surface area contributed by atoms with E-state index in [0.29, 0.717) is 27.1 Å². The van der Waals surface area contributed by atoms with Crippen LogP contribution in [-0.2, 0) is 26.2 Å². The highest BCUT2D eigenvalue weighted by molar-refractivity contribution is 7.92. The van der Waals surface area contributed by atoms with Crippen molar-refractivity contribution < 1.29 is 18.0 Å². The molecule has 0 fully saturated rings. The number of nitrogens with zero attached hydrogens (tertiary/aromatic N) is 2. The van der Waals surface area contributed by atoms with Gasteiger partial charge in [0.15, 0.2) is 0 Å². The maximum atomic E-state index is 13.5. The molecular formula is C23H27Cl4N3O4S. The summed E-state index contributed by atoms with van der Waals surface area (Å²) >= 11 is 24.5. The largest absolute Gasteiger partial charge is 0.352 e. The highest BCUT2D eigenvalue weighted by atomic mass is 35.5. The van der Waals surface area contributed by atoms with Gasteiger partial charge in [-0.05, 0) is 56.2 Å². The molecule has 0 aliphatic carbocycles. The summed E-state index contributed by atoms with van der Waals surface area (Å²) in [7, 11) is -3.92. The molecule has 0 bridgehead atoms. The quantitative estimate of drug-likeness (QED) is 0.406. The normalized spacial score (nSPS) is 13.1. The number of carbonyl (C=O) groups excluding carboxylic acids is 2. The highest BCUT2D eigenvalue weighted by Crippen LogP contribution is 2.31. The van der Waals surface area contributed by atoms with Crippen LogP contribution in [0.4, 0.5) is 5.69 Å². The van der Waals surface area contributed by atoms with E-state index in [1.165, 1.54) is 29.2 Å². The lowest BCUT2D eigenvalue weighted by Crippen LogP contribution is -2.52. The van der Waals surface area contributed by atoms with Crippen molar-refractivity contribution in [3.8, 4) is 0 Å². The van der Waals surface area contributed by atoms with Crippen molar-refractivity contribution in [2.45, 2.75) is 45.8 Å². The van der Waals surface area contributed by atoms with Crippen molar-refractivity contribution in [1.29, 1.82) is 0 Å². The van der Waals surface area contributed by atoms with Crippen molar-refractivity contribution in [2.75, 3.05) is 17.1 Å². The smallest absolute Gasteiger partial charge is 0.244 e. The van der Waals surface area contributed by atoms with Crippen LogP contribution in [0.5, 0.6) is 0 Å². The number of benzene rings is 2. The molecule has 2 atom stereocenters. The molecule has 2 aromatic rings. The van der Waals surface area contributed by atoms with E-state index in [0.717, 1.165) is 10.6 Å². The predicted octanol–water partition coefficient (Wildman–Crippen LogP) is 5.40. The first-order chi connectivity index (χ1) is 16.2. The van der Waals surface area contributed by atoms with Crippen molar-refractivity contribution in [3.63, 3.8) is 0 Å². The van der Waals surface area contributed by atoms with Crippen molar-refractivity contribution in [3.05, 3.63) is 62.1 Å². The zero-order valence-electron chi connectivity index (χ0n) is 19.7. The molecule has 2 rings (SSSR count). The zero-order valence-corrected chi connectivity index (χ0v) is 23.5. The summed E-state index contributed by atoms with van der Waals surface area (Å²) in [4.78, 5) is 27.7.